The molecule has 2 heterocycles. The molecule has 3 aromatic carbocycles. The van der Waals surface area contributed by atoms with E-state index >= 15 is 0 Å². The Labute approximate surface area is 314 Å². The molecular weight excluding hydrogens is 714 g/mol. The Morgan fingerprint density at radius 1 is 0.673 bits per heavy atom. The van der Waals surface area contributed by atoms with Gasteiger partial charge in [-0.1, -0.05) is 91.0 Å². The number of amides is 3. The lowest BCUT2D eigenvalue weighted by Crippen LogP contribution is -2.53. The summed E-state index contributed by atoms with van der Waals surface area (Å²) in [7, 11) is 0. The van der Waals surface area contributed by atoms with Gasteiger partial charge in [0.05, 0.1) is 19.5 Å². The number of hydrogen-bond acceptors (Lipinski definition) is 13. The minimum absolute atomic E-state index is 0.0188. The van der Waals surface area contributed by atoms with Gasteiger partial charge in [0, 0.05) is 6.54 Å². The molecule has 55 heavy (non-hydrogen) atoms. The molecule has 2 aromatic heterocycles. The second-order valence-corrected chi connectivity index (χ2v) is 11.2. The van der Waals surface area contributed by atoms with Crippen molar-refractivity contribution in [1.29, 1.82) is 0 Å². The van der Waals surface area contributed by atoms with Crippen LogP contribution in [0.2, 0.25) is 0 Å². The number of carbonyl (C=O) groups is 4. The number of imidazole rings is 1. The summed E-state index contributed by atoms with van der Waals surface area (Å²) >= 11 is 0. The molecule has 0 aliphatic carbocycles. The van der Waals surface area contributed by atoms with Gasteiger partial charge in [-0.15, -0.1) is 0 Å². The highest BCUT2D eigenvalue weighted by Gasteiger charge is 2.18. The normalized spacial score (nSPS) is 10.3. The lowest BCUT2D eigenvalue weighted by atomic mass is 10.2. The standard InChI is InChI=1S/C36H39N11O8/c1-2-52-28(48)20-47-24-39-29-30(41-34(49)53-21-25-12-6-3-7-13-25)40-32(42-31(29)47)37-18-19-38-33(43-45-35(50)54-22-26-14-8-4-9-15-26)44-46-36(51)55-23-27-16-10-5-11-17-27/h3-17,24H,2,18-23H2,1H3,(H,45,50)(H,46,51)(H2,38,43,44)(H2,37,40,41,42,49). The van der Waals surface area contributed by atoms with Crippen molar-refractivity contribution in [1.82, 2.24) is 41.2 Å². The van der Waals surface area contributed by atoms with E-state index in [0.29, 0.717) is 0 Å². The number of hydrazine groups is 2. The second-order valence-electron chi connectivity index (χ2n) is 11.2. The molecule has 5 aromatic rings. The van der Waals surface area contributed by atoms with E-state index in [1.54, 1.807) is 31.2 Å². The van der Waals surface area contributed by atoms with Crippen LogP contribution in [0.4, 0.5) is 26.1 Å². The number of anilines is 2. The van der Waals surface area contributed by atoms with Crippen molar-refractivity contribution in [3.05, 3.63) is 114 Å². The maximum absolute atomic E-state index is 12.8. The average molecular weight is 754 g/mol. The zero-order valence-corrected chi connectivity index (χ0v) is 29.7. The minimum atomic E-state index is -0.813. The van der Waals surface area contributed by atoms with E-state index in [4.69, 9.17) is 18.9 Å². The van der Waals surface area contributed by atoms with Crippen molar-refractivity contribution in [2.24, 2.45) is 4.99 Å². The molecule has 286 valence electrons. The number of hydrogen-bond donors (Lipinski definition) is 6. The first-order chi connectivity index (χ1) is 26.9. The number of aliphatic imine (C=N–C) groups is 1. The number of fused-ring (bicyclic) bond motifs is 1. The lowest BCUT2D eigenvalue weighted by Gasteiger charge is -2.14. The number of rotatable bonds is 14. The van der Waals surface area contributed by atoms with E-state index in [2.05, 4.69) is 52.3 Å². The predicted octanol–water partition coefficient (Wildman–Crippen LogP) is 3.77. The van der Waals surface area contributed by atoms with Crippen LogP contribution in [-0.2, 0) is 50.1 Å². The Kier molecular flexibility index (Phi) is 14.5. The number of ether oxygens (including phenoxy) is 4. The Morgan fingerprint density at radius 3 is 1.73 bits per heavy atom. The van der Waals surface area contributed by atoms with E-state index in [1.165, 1.54) is 10.9 Å². The molecule has 3 amide bonds. The van der Waals surface area contributed by atoms with Gasteiger partial charge in [0.15, 0.2) is 17.0 Å². The van der Waals surface area contributed by atoms with Gasteiger partial charge in [-0.2, -0.15) is 9.97 Å². The van der Waals surface area contributed by atoms with Gasteiger partial charge in [0.2, 0.25) is 11.9 Å². The van der Waals surface area contributed by atoms with Crippen LogP contribution >= 0.6 is 0 Å². The van der Waals surface area contributed by atoms with E-state index in [9.17, 15) is 19.2 Å². The van der Waals surface area contributed by atoms with Gasteiger partial charge < -0.3 is 28.8 Å². The maximum atomic E-state index is 12.8. The van der Waals surface area contributed by atoms with Crippen molar-refractivity contribution in [2.45, 2.75) is 33.3 Å². The van der Waals surface area contributed by atoms with Crippen LogP contribution in [0.15, 0.2) is 102 Å². The number of nitrogens with one attached hydrogen (secondary N) is 6. The minimum Gasteiger partial charge on any atom is -0.465 e. The first-order valence-corrected chi connectivity index (χ1v) is 17.0. The zero-order chi connectivity index (χ0) is 38.7. The van der Waals surface area contributed by atoms with Gasteiger partial charge in [0.1, 0.15) is 26.4 Å². The van der Waals surface area contributed by atoms with Crippen LogP contribution in [0.25, 0.3) is 11.2 Å². The van der Waals surface area contributed by atoms with Crippen LogP contribution in [0.3, 0.4) is 0 Å². The smallest absolute Gasteiger partial charge is 0.426 e. The fourth-order valence-electron chi connectivity index (χ4n) is 4.61. The van der Waals surface area contributed by atoms with Crippen molar-refractivity contribution in [3.8, 4) is 0 Å². The van der Waals surface area contributed by atoms with E-state index < -0.39 is 24.2 Å². The molecule has 0 saturated heterocycles. The summed E-state index contributed by atoms with van der Waals surface area (Å²) < 4.78 is 22.3. The molecule has 0 saturated carbocycles. The third-order valence-electron chi connectivity index (χ3n) is 7.16. The number of esters is 1. The Bertz CT molecular complexity index is 1990. The van der Waals surface area contributed by atoms with Crippen molar-refractivity contribution in [2.75, 3.05) is 30.3 Å². The van der Waals surface area contributed by atoms with Gasteiger partial charge in [-0.25, -0.2) is 35.2 Å². The fraction of sp³-hybridized carbons (Fsp3) is 0.222. The molecule has 0 atom stereocenters. The molecule has 19 nitrogen and oxygen atoms in total. The van der Waals surface area contributed by atoms with Crippen molar-refractivity contribution >= 4 is 53.1 Å². The van der Waals surface area contributed by atoms with E-state index in [-0.39, 0.29) is 75.0 Å². The van der Waals surface area contributed by atoms with Crippen LogP contribution in [-0.4, -0.2) is 69.4 Å². The van der Waals surface area contributed by atoms with E-state index in [1.807, 2.05) is 66.7 Å². The molecule has 0 aliphatic rings. The number of benzene rings is 3. The summed E-state index contributed by atoms with van der Waals surface area (Å²) in [6.45, 7) is 1.89. The molecule has 0 radical (unpaired) electrons. The molecule has 0 spiro atoms. The monoisotopic (exact) mass is 753 g/mol. The Hall–Kier alpha value is -7.44. The van der Waals surface area contributed by atoms with Crippen LogP contribution in [0.1, 0.15) is 23.6 Å². The number of aromatic nitrogens is 4. The van der Waals surface area contributed by atoms with Gasteiger partial charge in [-0.3, -0.25) is 21.0 Å². The maximum Gasteiger partial charge on any atom is 0.426 e. The highest BCUT2D eigenvalue weighted by molar-refractivity contribution is 5.94. The van der Waals surface area contributed by atoms with Gasteiger partial charge >= 0.3 is 24.2 Å². The van der Waals surface area contributed by atoms with E-state index in [0.717, 1.165) is 16.7 Å². The van der Waals surface area contributed by atoms with Crippen LogP contribution < -0.4 is 32.3 Å². The summed E-state index contributed by atoms with van der Waals surface area (Å²) in [5, 5.41) is 5.60. The third-order valence-corrected chi connectivity index (χ3v) is 7.16. The first-order valence-electron chi connectivity index (χ1n) is 17.0. The van der Waals surface area contributed by atoms with Crippen molar-refractivity contribution < 1.29 is 38.1 Å². The summed E-state index contributed by atoms with van der Waals surface area (Å²) in [5.74, 6) is -0.511. The zero-order valence-electron chi connectivity index (χ0n) is 29.7. The molecule has 0 aliphatic heterocycles. The van der Waals surface area contributed by atoms with Crippen LogP contribution in [0, 0.1) is 0 Å². The summed E-state index contributed by atoms with van der Waals surface area (Å²) in [6, 6.07) is 27.3. The topological polar surface area (TPSA) is 233 Å². The number of guanidine groups is 1. The lowest BCUT2D eigenvalue weighted by molar-refractivity contribution is -0.143. The van der Waals surface area contributed by atoms with Crippen LogP contribution in [0.5, 0.6) is 0 Å². The second kappa shape index (κ2) is 20.6. The summed E-state index contributed by atoms with van der Waals surface area (Å²) in [6.07, 6.45) is -1.03. The molecule has 0 bridgehead atoms. The Balaban J connectivity index is 1.24. The predicted molar refractivity (Wildman–Crippen MR) is 199 cm³/mol. The summed E-state index contributed by atoms with van der Waals surface area (Å²) in [4.78, 5) is 67.3. The molecule has 0 unspecified atom stereocenters. The van der Waals surface area contributed by atoms with Gasteiger partial charge in [0.25, 0.3) is 0 Å². The molecule has 5 rings (SSSR count). The molecule has 19 heteroatoms. The first kappa shape index (κ1) is 38.8. The fourth-order valence-corrected chi connectivity index (χ4v) is 4.61. The van der Waals surface area contributed by atoms with Crippen molar-refractivity contribution in [3.63, 3.8) is 0 Å². The summed E-state index contributed by atoms with van der Waals surface area (Å²) in [5.41, 5.74) is 12.6. The quantitative estimate of drug-likeness (QED) is 0.0237. The van der Waals surface area contributed by atoms with Gasteiger partial charge in [-0.05, 0) is 23.6 Å². The SMILES string of the molecule is CCOC(=O)Cn1cnc2c(NC(=O)OCc3ccccc3)nc(NCCN=C(NNC(=O)OCc3ccccc3)NNC(=O)OCc3ccccc3)nc21. The largest absolute Gasteiger partial charge is 0.465 e. The third kappa shape index (κ3) is 12.9. The average Bonchev–Trinajstić information content (AvgIpc) is 3.61. The molecule has 6 N–H and O–H groups in total. The number of nitrogens with zero attached hydrogens (tertiary/aromatic N) is 5. The molecular formula is C36H39N11O8. The number of carbonyl (C=O) groups excluding carboxylic acids is 4. The highest BCUT2D eigenvalue weighted by Crippen LogP contribution is 2.21. The Morgan fingerprint density at radius 2 is 1.20 bits per heavy atom. The highest BCUT2D eigenvalue weighted by atomic mass is 16.6. The molecule has 0 fully saturated rings.